The van der Waals surface area contributed by atoms with Gasteiger partial charge >= 0.3 is 0 Å². The molecule has 3 aliphatic heterocycles. The maximum atomic E-state index is 14.3. The summed E-state index contributed by atoms with van der Waals surface area (Å²) >= 11 is 3.72. The topological polar surface area (TPSA) is 108 Å². The van der Waals surface area contributed by atoms with Crippen LogP contribution in [0, 0.1) is 11.8 Å². The summed E-state index contributed by atoms with van der Waals surface area (Å²) in [6.45, 7) is 4.02. The lowest BCUT2D eigenvalue weighted by atomic mass is 9.70. The second kappa shape index (κ2) is 12.0. The molecule has 4 unspecified atom stereocenters. The zero-order chi connectivity index (χ0) is 28.4. The van der Waals surface area contributed by atoms with Crippen LogP contribution in [0.1, 0.15) is 44.2 Å². The van der Waals surface area contributed by atoms with Gasteiger partial charge in [-0.05, 0) is 37.3 Å². The Morgan fingerprint density at radius 3 is 2.38 bits per heavy atom. The maximum absolute atomic E-state index is 14.3. The van der Waals surface area contributed by atoms with Gasteiger partial charge in [0.15, 0.2) is 0 Å². The first kappa shape index (κ1) is 28.8. The number of nitrogens with zero attached hydrogens (tertiary/aromatic N) is 1. The first-order valence-electron chi connectivity index (χ1n) is 14.2. The van der Waals surface area contributed by atoms with E-state index in [1.54, 1.807) is 0 Å². The van der Waals surface area contributed by atoms with Crippen LogP contribution in [0.2, 0.25) is 0 Å². The van der Waals surface area contributed by atoms with Crippen LogP contribution in [0.25, 0.3) is 0 Å². The Kier molecular flexibility index (Phi) is 8.63. The highest BCUT2D eigenvalue weighted by Gasteiger charge is 2.77. The molecule has 3 saturated heterocycles. The number of halogens is 1. The molecule has 2 aromatic carbocycles. The van der Waals surface area contributed by atoms with Gasteiger partial charge in [-0.15, -0.1) is 0 Å². The normalized spacial score (nSPS) is 30.1. The van der Waals surface area contributed by atoms with Gasteiger partial charge in [0.25, 0.3) is 0 Å². The highest BCUT2D eigenvalue weighted by molar-refractivity contribution is 9.09. The summed E-state index contributed by atoms with van der Waals surface area (Å²) in [6.07, 6.45) is 1.98. The summed E-state index contributed by atoms with van der Waals surface area (Å²) in [6, 6.07) is 17.5. The van der Waals surface area contributed by atoms with Gasteiger partial charge in [0, 0.05) is 17.4 Å². The van der Waals surface area contributed by atoms with E-state index >= 15 is 0 Å². The Bertz CT molecular complexity index is 1210. The lowest BCUT2D eigenvalue weighted by molar-refractivity contribution is -0.145. The number of ether oxygens (including phenoxy) is 1. The zero-order valence-electron chi connectivity index (χ0n) is 23.0. The molecule has 3 amide bonds. The number of alkyl halides is 1. The van der Waals surface area contributed by atoms with Crippen molar-refractivity contribution in [3.05, 3.63) is 71.8 Å². The Morgan fingerprint density at radius 2 is 1.75 bits per heavy atom. The molecule has 0 radical (unpaired) electrons. The molecule has 3 N–H and O–H groups in total. The minimum atomic E-state index is -1.16. The Labute approximate surface area is 244 Å². The van der Waals surface area contributed by atoms with Crippen LogP contribution < -0.4 is 10.6 Å². The SMILES string of the molecule is CCCC(C)NC(=O)C1N([C@@H](CO)Cc2ccccc2)C(=O)[C@@H]2[C@@H](C(=O)NCc3ccccc3)[C@@H]3OC12CC3Br. The minimum absolute atomic E-state index is 0.0880. The van der Waals surface area contributed by atoms with E-state index in [2.05, 4.69) is 33.5 Å². The van der Waals surface area contributed by atoms with E-state index in [9.17, 15) is 19.5 Å². The quantitative estimate of drug-likeness (QED) is 0.339. The van der Waals surface area contributed by atoms with Gasteiger partial charge in [-0.25, -0.2) is 0 Å². The second-order valence-corrected chi connectivity index (χ2v) is 12.5. The molecule has 0 aromatic heterocycles. The lowest BCUT2D eigenvalue weighted by Gasteiger charge is -2.37. The number of carbonyl (C=O) groups excluding carboxylic acids is 3. The van der Waals surface area contributed by atoms with Crippen molar-refractivity contribution in [1.29, 1.82) is 0 Å². The number of hydrogen-bond acceptors (Lipinski definition) is 5. The molecule has 3 fully saturated rings. The third-order valence-electron chi connectivity index (χ3n) is 8.62. The predicted molar refractivity (Wildman–Crippen MR) is 154 cm³/mol. The van der Waals surface area contributed by atoms with Gasteiger partial charge in [-0.3, -0.25) is 14.4 Å². The minimum Gasteiger partial charge on any atom is -0.394 e. The first-order valence-corrected chi connectivity index (χ1v) is 15.1. The molecule has 40 heavy (non-hydrogen) atoms. The van der Waals surface area contributed by atoms with E-state index in [-0.39, 0.29) is 35.2 Å². The molecular weight excluding hydrogens is 574 g/mol. The molecule has 8 nitrogen and oxygen atoms in total. The number of nitrogens with one attached hydrogen (secondary N) is 2. The summed E-state index contributed by atoms with van der Waals surface area (Å²) in [7, 11) is 0. The van der Waals surface area contributed by atoms with E-state index in [0.29, 0.717) is 19.4 Å². The van der Waals surface area contributed by atoms with Crippen LogP contribution in [-0.2, 0) is 32.1 Å². The average Bonchev–Trinajstić information content (AvgIpc) is 3.55. The molecular formula is C31H38BrN3O5. The van der Waals surface area contributed by atoms with Gasteiger partial charge in [-0.2, -0.15) is 0 Å². The summed E-state index contributed by atoms with van der Waals surface area (Å²) < 4.78 is 6.59. The second-order valence-electron chi connectivity index (χ2n) is 11.3. The number of hydrogen-bond donors (Lipinski definition) is 3. The Morgan fingerprint density at radius 1 is 1.10 bits per heavy atom. The summed E-state index contributed by atoms with van der Waals surface area (Å²) in [5.41, 5.74) is 0.739. The lowest BCUT2D eigenvalue weighted by Crippen LogP contribution is -2.59. The van der Waals surface area contributed by atoms with Crippen molar-refractivity contribution in [1.82, 2.24) is 15.5 Å². The molecule has 214 valence electrons. The molecule has 8 atom stereocenters. The van der Waals surface area contributed by atoms with Crippen LogP contribution in [0.3, 0.4) is 0 Å². The molecule has 3 heterocycles. The highest BCUT2D eigenvalue weighted by Crippen LogP contribution is 2.60. The number of rotatable bonds is 11. The number of amides is 3. The van der Waals surface area contributed by atoms with E-state index in [0.717, 1.165) is 24.0 Å². The molecule has 2 bridgehead atoms. The monoisotopic (exact) mass is 611 g/mol. The summed E-state index contributed by atoms with van der Waals surface area (Å²) in [5, 5.41) is 16.7. The Hall–Kier alpha value is -2.75. The van der Waals surface area contributed by atoms with Crippen LogP contribution in [0.15, 0.2) is 60.7 Å². The van der Waals surface area contributed by atoms with Crippen molar-refractivity contribution in [3.8, 4) is 0 Å². The molecule has 5 rings (SSSR count). The summed E-state index contributed by atoms with van der Waals surface area (Å²) in [4.78, 5) is 43.4. The highest BCUT2D eigenvalue weighted by atomic mass is 79.9. The number of fused-ring (bicyclic) bond motifs is 1. The van der Waals surface area contributed by atoms with Crippen molar-refractivity contribution < 1.29 is 24.2 Å². The van der Waals surface area contributed by atoms with E-state index < -0.39 is 35.6 Å². The molecule has 0 saturated carbocycles. The third-order valence-corrected chi connectivity index (χ3v) is 9.46. The van der Waals surface area contributed by atoms with E-state index in [1.165, 1.54) is 4.90 Å². The van der Waals surface area contributed by atoms with Crippen LogP contribution in [0.5, 0.6) is 0 Å². The number of carbonyl (C=O) groups is 3. The van der Waals surface area contributed by atoms with Crippen molar-refractivity contribution in [2.45, 2.75) is 80.7 Å². The average molecular weight is 613 g/mol. The standard InChI is InChI=1S/C31H38BrN3O5/c1-3-10-19(2)34-29(38)27-31-16-23(32)26(40-31)24(28(37)33-17-21-13-8-5-9-14-21)25(31)30(39)35(27)22(18-36)15-20-11-6-4-7-12-20/h4-9,11-14,19,22-27,36H,3,10,15-18H2,1-2H3,(H,33,37)(H,34,38)/t19?,22-,23?,24-,25+,26-,27?,31?/m1/s1. The van der Waals surface area contributed by atoms with Crippen LogP contribution >= 0.6 is 15.9 Å². The number of likely N-dealkylation sites (tertiary alicyclic amines) is 1. The van der Waals surface area contributed by atoms with E-state index in [1.807, 2.05) is 67.6 Å². The van der Waals surface area contributed by atoms with Crippen molar-refractivity contribution in [3.63, 3.8) is 0 Å². The van der Waals surface area contributed by atoms with Gasteiger partial charge in [0.05, 0.1) is 30.6 Å². The third kappa shape index (κ3) is 5.19. The largest absolute Gasteiger partial charge is 0.394 e. The maximum Gasteiger partial charge on any atom is 0.246 e. The van der Waals surface area contributed by atoms with Gasteiger partial charge in [-0.1, -0.05) is 89.9 Å². The Balaban J connectivity index is 1.49. The fraction of sp³-hybridized carbons (Fsp3) is 0.516. The van der Waals surface area contributed by atoms with Crippen molar-refractivity contribution in [2.24, 2.45) is 11.8 Å². The molecule has 3 aliphatic rings. The predicted octanol–water partition coefficient (Wildman–Crippen LogP) is 2.96. The first-order chi connectivity index (χ1) is 19.3. The van der Waals surface area contributed by atoms with Gasteiger partial charge < -0.3 is 25.4 Å². The van der Waals surface area contributed by atoms with Crippen LogP contribution in [-0.4, -0.2) is 69.0 Å². The fourth-order valence-electron chi connectivity index (χ4n) is 6.93. The number of aliphatic hydroxyl groups excluding tert-OH is 1. The molecule has 1 spiro atoms. The van der Waals surface area contributed by atoms with Gasteiger partial charge in [0.1, 0.15) is 11.6 Å². The molecule has 2 aromatic rings. The van der Waals surface area contributed by atoms with Gasteiger partial charge in [0.2, 0.25) is 17.7 Å². The smallest absolute Gasteiger partial charge is 0.246 e. The molecule has 0 aliphatic carbocycles. The summed E-state index contributed by atoms with van der Waals surface area (Å²) in [5.74, 6) is -2.43. The zero-order valence-corrected chi connectivity index (χ0v) is 24.5. The number of benzene rings is 2. The van der Waals surface area contributed by atoms with Crippen molar-refractivity contribution >= 4 is 33.7 Å². The van der Waals surface area contributed by atoms with Crippen LogP contribution in [0.4, 0.5) is 0 Å². The van der Waals surface area contributed by atoms with E-state index in [4.69, 9.17) is 4.74 Å². The van der Waals surface area contributed by atoms with Crippen molar-refractivity contribution in [2.75, 3.05) is 6.61 Å². The fourth-order valence-corrected chi connectivity index (χ4v) is 7.87. The number of aliphatic hydroxyl groups is 1. The molecule has 9 heteroatoms.